The molecule has 0 spiro atoms. The number of carbonyl (C=O) groups is 2. The van der Waals surface area contributed by atoms with Crippen molar-refractivity contribution in [3.8, 4) is 0 Å². The first-order chi connectivity index (χ1) is 13.7. The molecule has 1 heterocycles. The quantitative estimate of drug-likeness (QED) is 0.672. The lowest BCUT2D eigenvalue weighted by Crippen LogP contribution is -2.61. The Labute approximate surface area is 166 Å². The minimum absolute atomic E-state index is 0.0141. The number of amides is 2. The van der Waals surface area contributed by atoms with Gasteiger partial charge in [0.05, 0.1) is 13.2 Å². The van der Waals surface area contributed by atoms with Crippen LogP contribution in [0.15, 0.2) is 60.7 Å². The molecule has 0 aromatic heterocycles. The second kappa shape index (κ2) is 10.0. The van der Waals surface area contributed by atoms with Gasteiger partial charge in [-0.1, -0.05) is 60.7 Å². The third-order valence-corrected chi connectivity index (χ3v) is 5.16. The van der Waals surface area contributed by atoms with Gasteiger partial charge in [0.2, 0.25) is 11.8 Å². The van der Waals surface area contributed by atoms with Crippen molar-refractivity contribution >= 4 is 11.8 Å². The van der Waals surface area contributed by atoms with Gasteiger partial charge in [0.1, 0.15) is 6.04 Å². The molecule has 5 nitrogen and oxygen atoms in total. The summed E-state index contributed by atoms with van der Waals surface area (Å²) >= 11 is 0. The highest BCUT2D eigenvalue weighted by Crippen LogP contribution is 2.18. The zero-order valence-corrected chi connectivity index (χ0v) is 16.4. The van der Waals surface area contributed by atoms with Gasteiger partial charge in [0.15, 0.2) is 0 Å². The highest BCUT2D eigenvalue weighted by molar-refractivity contribution is 5.95. The number of piperazine rings is 1. The minimum atomic E-state index is -0.448. The largest absolute Gasteiger partial charge is 0.383 e. The van der Waals surface area contributed by atoms with E-state index in [1.54, 1.807) is 16.9 Å². The van der Waals surface area contributed by atoms with E-state index < -0.39 is 6.04 Å². The second-order valence-electron chi connectivity index (χ2n) is 7.13. The predicted octanol–water partition coefficient (Wildman–Crippen LogP) is 2.55. The summed E-state index contributed by atoms with van der Waals surface area (Å²) in [5.74, 6) is 0.0323. The van der Waals surface area contributed by atoms with E-state index in [0.717, 1.165) is 18.4 Å². The highest BCUT2D eigenvalue weighted by Gasteiger charge is 2.38. The third-order valence-electron chi connectivity index (χ3n) is 5.16. The molecule has 1 saturated heterocycles. The molecule has 0 aliphatic carbocycles. The molecule has 0 radical (unpaired) electrons. The number of aryl methyl sites for hydroxylation is 1. The maximum Gasteiger partial charge on any atom is 0.246 e. The van der Waals surface area contributed by atoms with E-state index in [1.807, 2.05) is 48.5 Å². The van der Waals surface area contributed by atoms with E-state index in [-0.39, 0.29) is 18.4 Å². The number of carbonyl (C=O) groups excluding carboxylic acids is 2. The van der Waals surface area contributed by atoms with Crippen LogP contribution in [0.25, 0.3) is 0 Å². The van der Waals surface area contributed by atoms with Crippen LogP contribution in [0, 0.1) is 0 Å². The van der Waals surface area contributed by atoms with E-state index >= 15 is 0 Å². The van der Waals surface area contributed by atoms with Gasteiger partial charge in [-0.3, -0.25) is 9.59 Å². The molecule has 2 aromatic rings. The maximum absolute atomic E-state index is 13.1. The number of hydrogen-bond donors (Lipinski definition) is 0. The van der Waals surface area contributed by atoms with Crippen LogP contribution >= 0.6 is 0 Å². The van der Waals surface area contributed by atoms with Gasteiger partial charge in [-0.2, -0.15) is 0 Å². The normalized spacial score (nSPS) is 17.2. The fraction of sp³-hybridized carbons (Fsp3) is 0.391. The third kappa shape index (κ3) is 5.20. The molecule has 1 atom stereocenters. The van der Waals surface area contributed by atoms with E-state index in [9.17, 15) is 9.59 Å². The summed E-state index contributed by atoms with van der Waals surface area (Å²) in [6, 6.07) is 19.7. The van der Waals surface area contributed by atoms with Gasteiger partial charge in [0.25, 0.3) is 0 Å². The number of ether oxygens (including phenoxy) is 1. The molecule has 1 aliphatic heterocycles. The van der Waals surface area contributed by atoms with E-state index in [2.05, 4.69) is 12.1 Å². The molecule has 1 fully saturated rings. The van der Waals surface area contributed by atoms with Crippen molar-refractivity contribution in [2.24, 2.45) is 0 Å². The monoisotopic (exact) mass is 380 g/mol. The van der Waals surface area contributed by atoms with Gasteiger partial charge >= 0.3 is 0 Å². The topological polar surface area (TPSA) is 49.9 Å². The Hall–Kier alpha value is -2.66. The average Bonchev–Trinajstić information content (AvgIpc) is 2.73. The van der Waals surface area contributed by atoms with Crippen LogP contribution in [0.3, 0.4) is 0 Å². The number of benzene rings is 2. The van der Waals surface area contributed by atoms with Crippen molar-refractivity contribution in [3.63, 3.8) is 0 Å². The Morgan fingerprint density at radius 3 is 2.21 bits per heavy atom. The lowest BCUT2D eigenvalue weighted by molar-refractivity contribution is -0.156. The van der Waals surface area contributed by atoms with E-state index in [4.69, 9.17) is 4.74 Å². The van der Waals surface area contributed by atoms with Gasteiger partial charge in [-0.05, 0) is 24.0 Å². The molecule has 3 rings (SSSR count). The molecular formula is C23H28N2O3. The summed E-state index contributed by atoms with van der Waals surface area (Å²) in [5.41, 5.74) is 2.31. The maximum atomic E-state index is 13.1. The van der Waals surface area contributed by atoms with Crippen LogP contribution in [0.2, 0.25) is 0 Å². The molecule has 0 bridgehead atoms. The van der Waals surface area contributed by atoms with Crippen LogP contribution < -0.4 is 0 Å². The van der Waals surface area contributed by atoms with Crippen molar-refractivity contribution in [1.82, 2.24) is 9.80 Å². The lowest BCUT2D eigenvalue weighted by Gasteiger charge is -2.40. The summed E-state index contributed by atoms with van der Waals surface area (Å²) < 4.78 is 5.10. The molecule has 0 saturated carbocycles. The summed E-state index contributed by atoms with van der Waals surface area (Å²) in [4.78, 5) is 29.4. The van der Waals surface area contributed by atoms with Gasteiger partial charge in [0, 0.05) is 26.6 Å². The van der Waals surface area contributed by atoms with Crippen molar-refractivity contribution in [2.45, 2.75) is 25.3 Å². The molecule has 0 N–H and O–H groups in total. The van der Waals surface area contributed by atoms with Crippen LogP contribution in [-0.2, 0) is 27.2 Å². The van der Waals surface area contributed by atoms with E-state index in [1.165, 1.54) is 5.56 Å². The summed E-state index contributed by atoms with van der Waals surface area (Å²) in [6.45, 7) is 1.61. The van der Waals surface area contributed by atoms with Crippen LogP contribution in [0.4, 0.5) is 0 Å². The minimum Gasteiger partial charge on any atom is -0.383 e. The van der Waals surface area contributed by atoms with Crippen LogP contribution in [-0.4, -0.2) is 61.0 Å². The number of hydrogen-bond acceptors (Lipinski definition) is 3. The molecule has 0 unspecified atom stereocenters. The predicted molar refractivity (Wildman–Crippen MR) is 109 cm³/mol. The van der Waals surface area contributed by atoms with Gasteiger partial charge in [-0.15, -0.1) is 0 Å². The van der Waals surface area contributed by atoms with Crippen molar-refractivity contribution < 1.29 is 14.3 Å². The first-order valence-electron chi connectivity index (χ1n) is 9.84. The van der Waals surface area contributed by atoms with Crippen LogP contribution in [0.5, 0.6) is 0 Å². The Morgan fingerprint density at radius 2 is 1.57 bits per heavy atom. The number of methoxy groups -OCH3 is 1. The highest BCUT2D eigenvalue weighted by atomic mass is 16.5. The molecule has 5 heteroatoms. The summed E-state index contributed by atoms with van der Waals surface area (Å²) in [5, 5.41) is 0. The lowest BCUT2D eigenvalue weighted by atomic mass is 10.00. The van der Waals surface area contributed by atoms with Crippen LogP contribution in [0.1, 0.15) is 17.5 Å². The average molecular weight is 380 g/mol. The van der Waals surface area contributed by atoms with Crippen molar-refractivity contribution in [3.05, 3.63) is 71.8 Å². The number of nitrogens with zero attached hydrogens (tertiary/aromatic N) is 2. The zero-order chi connectivity index (χ0) is 19.8. The Bertz CT molecular complexity index is 764. The standard InChI is InChI=1S/C23H28N2O3/c1-28-16-15-24-18-22(26)25(14-8-13-19-9-4-2-5-10-19)21(23(24)27)17-20-11-6-3-7-12-20/h2-7,9-12,21H,8,13-18H2,1H3/t21-/m1/s1. The molecule has 2 aromatic carbocycles. The smallest absolute Gasteiger partial charge is 0.246 e. The molecule has 1 aliphatic rings. The molecule has 148 valence electrons. The van der Waals surface area contributed by atoms with Gasteiger partial charge in [-0.25, -0.2) is 0 Å². The Morgan fingerprint density at radius 1 is 0.929 bits per heavy atom. The second-order valence-corrected chi connectivity index (χ2v) is 7.13. The molecule has 2 amide bonds. The van der Waals surface area contributed by atoms with Gasteiger partial charge < -0.3 is 14.5 Å². The SMILES string of the molecule is COCCN1CC(=O)N(CCCc2ccccc2)[C@H](Cc2ccccc2)C1=O. The van der Waals surface area contributed by atoms with Crippen molar-refractivity contribution in [2.75, 3.05) is 33.4 Å². The fourth-order valence-electron chi connectivity index (χ4n) is 3.65. The molecule has 28 heavy (non-hydrogen) atoms. The van der Waals surface area contributed by atoms with Crippen molar-refractivity contribution in [1.29, 1.82) is 0 Å². The summed E-state index contributed by atoms with van der Waals surface area (Å²) in [7, 11) is 1.60. The summed E-state index contributed by atoms with van der Waals surface area (Å²) in [6.07, 6.45) is 2.27. The Kier molecular flexibility index (Phi) is 7.20. The molecular weight excluding hydrogens is 352 g/mol. The van der Waals surface area contributed by atoms with E-state index in [0.29, 0.717) is 26.1 Å². The number of rotatable bonds is 9. The first-order valence-corrected chi connectivity index (χ1v) is 9.84. The first kappa shape index (κ1) is 20.1. The zero-order valence-electron chi connectivity index (χ0n) is 16.4. The Balaban J connectivity index is 1.71. The fourth-order valence-corrected chi connectivity index (χ4v) is 3.65.